The van der Waals surface area contributed by atoms with Gasteiger partial charge in [-0.25, -0.2) is 14.4 Å². The molecule has 1 aliphatic carbocycles. The molecule has 0 radical (unpaired) electrons. The molecule has 1 aliphatic heterocycles. The minimum absolute atomic E-state index is 0.00286. The molecule has 2 fully saturated rings. The van der Waals surface area contributed by atoms with E-state index in [4.69, 9.17) is 10.8 Å². The molecule has 83 heavy (non-hydrogen) atoms. The highest BCUT2D eigenvalue weighted by molar-refractivity contribution is 5.90. The lowest BCUT2D eigenvalue weighted by atomic mass is 9.81. The van der Waals surface area contributed by atoms with Gasteiger partial charge in [-0.1, -0.05) is 42.5 Å². The van der Waals surface area contributed by atoms with Crippen molar-refractivity contribution < 1.29 is 83.4 Å². The molecule has 2 aromatic carbocycles. The first-order chi connectivity index (χ1) is 39.6. The van der Waals surface area contributed by atoms with Crippen LogP contribution in [0.5, 0.6) is 0 Å². The fourth-order valence-corrected chi connectivity index (χ4v) is 10.0. The average molecular weight is 1170 g/mol. The van der Waals surface area contributed by atoms with Gasteiger partial charge in [0.2, 0.25) is 23.6 Å². The van der Waals surface area contributed by atoms with Crippen LogP contribution in [-0.4, -0.2) is 238 Å². The SMILES string of the molecule is NCCCCC(NC(=O)CN1CCN(CC(=O)O)CCN(CC(=O)O)CCN(CC(=O)O)CC1)C(=O)NCC1CCC(C(=O)NC(Cc2ccc3ccccc3c2)C(=O)NCCCCC(NC(=O)NC(CCC(=O)O)C(=O)O)C(=O)O)CC1. The number of hydrogen-bond acceptors (Lipinski definition) is 16. The Kier molecular flexibility index (Phi) is 29.6. The number of nitrogens with two attached hydrogens (primary N) is 1. The van der Waals surface area contributed by atoms with Crippen molar-refractivity contribution in [3.63, 3.8) is 0 Å². The lowest BCUT2D eigenvalue weighted by Gasteiger charge is -2.33. The summed E-state index contributed by atoms with van der Waals surface area (Å²) < 4.78 is 0. The monoisotopic (exact) mass is 1170 g/mol. The number of nitrogens with one attached hydrogen (secondary N) is 6. The Balaban J connectivity index is 1.33. The van der Waals surface area contributed by atoms with Crippen molar-refractivity contribution in [2.45, 2.75) is 108 Å². The molecule has 14 N–H and O–H groups in total. The normalized spacial score (nSPS) is 18.3. The maximum atomic E-state index is 13.9. The number of nitrogens with zero attached hydrogens (tertiary/aromatic N) is 4. The number of hydrogen-bond donors (Lipinski definition) is 13. The number of unbranched alkanes of at least 4 members (excludes halogenated alkanes) is 2. The van der Waals surface area contributed by atoms with Gasteiger partial charge < -0.3 is 68.3 Å². The number of fused-ring (bicyclic) bond motifs is 1. The molecule has 4 unspecified atom stereocenters. The summed E-state index contributed by atoms with van der Waals surface area (Å²) in [5, 5.41) is 74.5. The van der Waals surface area contributed by atoms with Gasteiger partial charge in [-0.15, -0.1) is 0 Å². The number of carboxylic acids is 6. The standard InChI is InChI=1S/C55H83N11O17/c56-19-5-3-9-41(59-45(67)32-63-21-23-64(33-47(70)71)25-27-66(35-49(74)75)28-26-65(24-22-63)34-48(72)73)51(77)58-31-36-11-15-39(16-12-36)50(76)60-44(30-37-13-14-38-7-1-2-8-40(38)29-37)52(78)57-20-6-4-10-42(53(79)80)61-55(83)62-43(54(81)82)17-18-46(68)69/h1-2,7-8,13-14,29,36,39,41-44H,3-6,9-12,15-28,30-35,56H2,(H,57,78)(H,58,77)(H,59,67)(H,60,76)(H,68,69)(H,70,71)(H,72,73)(H,74,75)(H,79,80)(H,81,82)(H2,61,62,83). The second-order valence-corrected chi connectivity index (χ2v) is 21.2. The molecule has 4 atom stereocenters. The first kappa shape index (κ1) is 68.0. The van der Waals surface area contributed by atoms with Gasteiger partial charge in [0.05, 0.1) is 26.2 Å². The maximum absolute atomic E-state index is 13.9. The molecule has 1 saturated heterocycles. The second kappa shape index (κ2) is 36.1. The molecule has 0 bridgehead atoms. The van der Waals surface area contributed by atoms with Gasteiger partial charge in [0.15, 0.2) is 0 Å². The molecular weight excluding hydrogens is 1090 g/mol. The van der Waals surface area contributed by atoms with Gasteiger partial charge in [-0.3, -0.25) is 58.0 Å². The molecule has 2 aromatic rings. The van der Waals surface area contributed by atoms with E-state index >= 15 is 0 Å². The Morgan fingerprint density at radius 3 is 1.52 bits per heavy atom. The number of benzene rings is 2. The Labute approximate surface area is 481 Å². The van der Waals surface area contributed by atoms with Crippen molar-refractivity contribution in [3.8, 4) is 0 Å². The van der Waals surface area contributed by atoms with Crippen LogP contribution in [0, 0.1) is 11.8 Å². The molecule has 1 saturated carbocycles. The predicted octanol–water partition coefficient (Wildman–Crippen LogP) is -0.764. The predicted molar refractivity (Wildman–Crippen MR) is 300 cm³/mol. The number of urea groups is 1. The number of rotatable bonds is 33. The van der Waals surface area contributed by atoms with Crippen LogP contribution in [0.4, 0.5) is 4.79 Å². The molecule has 460 valence electrons. The number of aliphatic carboxylic acids is 6. The quantitative estimate of drug-likeness (QED) is 0.0391. The largest absolute Gasteiger partial charge is 0.481 e. The smallest absolute Gasteiger partial charge is 0.326 e. The second-order valence-electron chi connectivity index (χ2n) is 21.2. The van der Waals surface area contributed by atoms with E-state index < -0.39 is 102 Å². The first-order valence-electron chi connectivity index (χ1n) is 28.2. The Morgan fingerprint density at radius 2 is 1.00 bits per heavy atom. The third kappa shape index (κ3) is 26.5. The summed E-state index contributed by atoms with van der Waals surface area (Å²) in [4.78, 5) is 144. The number of carbonyl (C=O) groups is 11. The summed E-state index contributed by atoms with van der Waals surface area (Å²) in [7, 11) is 0. The van der Waals surface area contributed by atoms with E-state index in [0.29, 0.717) is 51.5 Å². The van der Waals surface area contributed by atoms with Crippen LogP contribution >= 0.6 is 0 Å². The van der Waals surface area contributed by atoms with Crippen LogP contribution in [0.15, 0.2) is 42.5 Å². The summed E-state index contributed by atoms with van der Waals surface area (Å²) in [5.41, 5.74) is 6.56. The van der Waals surface area contributed by atoms with Crippen molar-refractivity contribution in [3.05, 3.63) is 48.0 Å². The summed E-state index contributed by atoms with van der Waals surface area (Å²) in [5.74, 6) is -9.49. The van der Waals surface area contributed by atoms with Crippen LogP contribution in [0.25, 0.3) is 10.8 Å². The Hall–Kier alpha value is -7.53. The average Bonchev–Trinajstić information content (AvgIpc) is 3.43. The summed E-state index contributed by atoms with van der Waals surface area (Å²) in [6.45, 7) is 1.32. The van der Waals surface area contributed by atoms with Gasteiger partial charge in [0, 0.05) is 84.2 Å². The highest BCUT2D eigenvalue weighted by atomic mass is 16.4. The van der Waals surface area contributed by atoms with E-state index in [0.717, 1.165) is 16.3 Å². The highest BCUT2D eigenvalue weighted by Gasteiger charge is 2.32. The third-order valence-electron chi connectivity index (χ3n) is 14.7. The van der Waals surface area contributed by atoms with Crippen molar-refractivity contribution >= 4 is 76.2 Å². The summed E-state index contributed by atoms with van der Waals surface area (Å²) in [6.07, 6.45) is 3.12. The zero-order chi connectivity index (χ0) is 60.8. The molecule has 28 heteroatoms. The van der Waals surface area contributed by atoms with E-state index in [2.05, 4.69) is 31.9 Å². The van der Waals surface area contributed by atoms with Crippen LogP contribution in [0.1, 0.15) is 82.6 Å². The van der Waals surface area contributed by atoms with Gasteiger partial charge >= 0.3 is 41.8 Å². The van der Waals surface area contributed by atoms with E-state index in [1.807, 2.05) is 42.5 Å². The van der Waals surface area contributed by atoms with Gasteiger partial charge in [-0.2, -0.15) is 0 Å². The topological polar surface area (TPSA) is 420 Å². The first-order valence-corrected chi connectivity index (χ1v) is 28.2. The Bertz CT molecular complexity index is 2480. The van der Waals surface area contributed by atoms with E-state index in [1.165, 1.54) is 0 Å². The lowest BCUT2D eigenvalue weighted by molar-refractivity contribution is -0.141. The van der Waals surface area contributed by atoms with Gasteiger partial charge in [-0.05, 0) is 99.4 Å². The van der Waals surface area contributed by atoms with Crippen LogP contribution in [0.2, 0.25) is 0 Å². The minimum atomic E-state index is -1.56. The van der Waals surface area contributed by atoms with Crippen LogP contribution in [-0.2, 0) is 54.4 Å². The van der Waals surface area contributed by atoms with Crippen molar-refractivity contribution in [1.29, 1.82) is 0 Å². The van der Waals surface area contributed by atoms with Gasteiger partial charge in [0.25, 0.3) is 0 Å². The zero-order valence-corrected chi connectivity index (χ0v) is 46.8. The molecule has 28 nitrogen and oxygen atoms in total. The van der Waals surface area contributed by atoms with E-state index in [1.54, 1.807) is 19.6 Å². The molecule has 4 rings (SSSR count). The van der Waals surface area contributed by atoms with Crippen LogP contribution in [0.3, 0.4) is 0 Å². The maximum Gasteiger partial charge on any atom is 0.326 e. The minimum Gasteiger partial charge on any atom is -0.481 e. The fraction of sp³-hybridized carbons (Fsp3) is 0.618. The summed E-state index contributed by atoms with van der Waals surface area (Å²) in [6, 6.07) is 7.44. The number of carbonyl (C=O) groups excluding carboxylic acids is 5. The van der Waals surface area contributed by atoms with Crippen molar-refractivity contribution in [2.24, 2.45) is 17.6 Å². The lowest BCUT2D eigenvalue weighted by Crippen LogP contribution is -2.52. The molecule has 2 aliphatic rings. The molecule has 0 aromatic heterocycles. The Morgan fingerprint density at radius 1 is 0.506 bits per heavy atom. The van der Waals surface area contributed by atoms with Gasteiger partial charge in [0.1, 0.15) is 24.2 Å². The molecule has 0 spiro atoms. The molecule has 1 heterocycles. The van der Waals surface area contributed by atoms with E-state index in [9.17, 15) is 78.3 Å². The molecule has 6 amide bonds. The fourth-order valence-electron chi connectivity index (χ4n) is 10.0. The van der Waals surface area contributed by atoms with Crippen molar-refractivity contribution in [2.75, 3.05) is 98.2 Å². The van der Waals surface area contributed by atoms with E-state index in [-0.39, 0.29) is 129 Å². The molecular formula is C55H83N11O17. The number of amides is 6. The van der Waals surface area contributed by atoms with Crippen LogP contribution < -0.4 is 37.6 Å². The number of carboxylic acid groups (broad SMARTS) is 6. The van der Waals surface area contributed by atoms with Crippen molar-refractivity contribution in [1.82, 2.24) is 51.5 Å². The summed E-state index contributed by atoms with van der Waals surface area (Å²) >= 11 is 0. The zero-order valence-electron chi connectivity index (χ0n) is 46.8. The third-order valence-corrected chi connectivity index (χ3v) is 14.7. The highest BCUT2D eigenvalue weighted by Crippen LogP contribution is 2.29.